The van der Waals surface area contributed by atoms with Crippen LogP contribution in [0.4, 0.5) is 11.4 Å². The van der Waals surface area contributed by atoms with Crippen molar-refractivity contribution in [3.8, 4) is 6.07 Å². The maximum absolute atomic E-state index is 11.6. The number of benzene rings is 1. The lowest BCUT2D eigenvalue weighted by Crippen LogP contribution is -2.25. The average molecular weight is 279 g/mol. The molecule has 1 amide bonds. The second-order valence-corrected chi connectivity index (χ2v) is 4.22. The number of halogens is 1. The Bertz CT molecular complexity index is 534. The summed E-state index contributed by atoms with van der Waals surface area (Å²) in [5.41, 5.74) is 6.67. The van der Waals surface area contributed by atoms with Crippen LogP contribution in [0.3, 0.4) is 0 Å². The van der Waals surface area contributed by atoms with Crippen molar-refractivity contribution >= 4 is 28.9 Å². The van der Waals surface area contributed by atoms with E-state index in [0.717, 1.165) is 6.42 Å². The number of nitrogens with one attached hydrogen (secondary N) is 2. The summed E-state index contributed by atoms with van der Waals surface area (Å²) in [6, 6.07) is 6.76. The summed E-state index contributed by atoms with van der Waals surface area (Å²) in [6.45, 7) is 2.46. The van der Waals surface area contributed by atoms with Crippen LogP contribution in [0.2, 0.25) is 5.02 Å². The summed E-state index contributed by atoms with van der Waals surface area (Å²) in [5, 5.41) is 14.8. The molecule has 4 N–H and O–H groups in total. The first-order valence-corrected chi connectivity index (χ1v) is 6.16. The van der Waals surface area contributed by atoms with Gasteiger partial charge in [0.1, 0.15) is 11.6 Å². The molecule has 1 aromatic rings. The van der Waals surface area contributed by atoms with Gasteiger partial charge in [-0.1, -0.05) is 18.5 Å². The van der Waals surface area contributed by atoms with Gasteiger partial charge in [-0.15, -0.1) is 0 Å². The highest BCUT2D eigenvalue weighted by molar-refractivity contribution is 6.33. The van der Waals surface area contributed by atoms with Gasteiger partial charge in [0.05, 0.1) is 10.7 Å². The summed E-state index contributed by atoms with van der Waals surface area (Å²) >= 11 is 5.96. The Kier molecular flexibility index (Phi) is 5.71. The van der Waals surface area contributed by atoms with E-state index in [1.54, 1.807) is 18.2 Å². The molecule has 0 saturated heterocycles. The van der Waals surface area contributed by atoms with E-state index in [1.807, 2.05) is 13.0 Å². The number of nitrogens with zero attached hydrogens (tertiary/aromatic N) is 1. The predicted octanol–water partition coefficient (Wildman–Crippen LogP) is 2.27. The summed E-state index contributed by atoms with van der Waals surface area (Å²) in [4.78, 5) is 11.6. The third-order valence-electron chi connectivity index (χ3n) is 2.27. The molecule has 0 heterocycles. The fraction of sp³-hybridized carbons (Fsp3) is 0.231. The van der Waals surface area contributed by atoms with Gasteiger partial charge in [0.15, 0.2) is 0 Å². The third kappa shape index (κ3) is 4.53. The smallest absolute Gasteiger partial charge is 0.263 e. The molecule has 0 unspecified atom stereocenters. The van der Waals surface area contributed by atoms with Crippen molar-refractivity contribution in [3.05, 3.63) is 35.0 Å². The zero-order valence-electron chi connectivity index (χ0n) is 10.5. The number of rotatable bonds is 5. The lowest BCUT2D eigenvalue weighted by molar-refractivity contribution is -0.117. The van der Waals surface area contributed by atoms with Crippen molar-refractivity contribution in [2.75, 3.05) is 17.6 Å². The van der Waals surface area contributed by atoms with Crippen molar-refractivity contribution in [3.63, 3.8) is 0 Å². The van der Waals surface area contributed by atoms with Crippen LogP contribution in [0.15, 0.2) is 30.0 Å². The Morgan fingerprint density at radius 1 is 1.58 bits per heavy atom. The zero-order chi connectivity index (χ0) is 14.3. The Morgan fingerprint density at radius 3 is 2.89 bits per heavy atom. The number of hydrogen-bond acceptors (Lipinski definition) is 4. The van der Waals surface area contributed by atoms with Crippen molar-refractivity contribution in [1.29, 1.82) is 5.26 Å². The molecule has 1 rings (SSSR count). The van der Waals surface area contributed by atoms with Crippen molar-refractivity contribution in [2.45, 2.75) is 13.3 Å². The van der Waals surface area contributed by atoms with Crippen molar-refractivity contribution < 1.29 is 4.79 Å². The van der Waals surface area contributed by atoms with E-state index in [4.69, 9.17) is 22.6 Å². The highest BCUT2D eigenvalue weighted by Crippen LogP contribution is 2.24. The fourth-order valence-corrected chi connectivity index (χ4v) is 1.52. The van der Waals surface area contributed by atoms with E-state index in [-0.39, 0.29) is 5.57 Å². The summed E-state index contributed by atoms with van der Waals surface area (Å²) in [7, 11) is 0. The summed E-state index contributed by atoms with van der Waals surface area (Å²) in [5.74, 6) is -0.414. The maximum Gasteiger partial charge on any atom is 0.263 e. The third-order valence-corrected chi connectivity index (χ3v) is 2.58. The first kappa shape index (κ1) is 14.9. The Morgan fingerprint density at radius 2 is 2.32 bits per heavy atom. The molecule has 6 heteroatoms. The lowest BCUT2D eigenvalue weighted by atomic mass is 10.2. The van der Waals surface area contributed by atoms with Crippen molar-refractivity contribution in [1.82, 2.24) is 5.32 Å². The first-order valence-electron chi connectivity index (χ1n) is 5.78. The molecular formula is C13H15ClN4O. The molecule has 0 spiro atoms. The van der Waals surface area contributed by atoms with E-state index in [2.05, 4.69) is 10.6 Å². The Balaban J connectivity index is 2.77. The number of amides is 1. The van der Waals surface area contributed by atoms with E-state index in [1.165, 1.54) is 6.20 Å². The summed E-state index contributed by atoms with van der Waals surface area (Å²) in [6.07, 6.45) is 2.13. The normalized spacial score (nSPS) is 10.7. The van der Waals surface area contributed by atoms with Gasteiger partial charge in [0.2, 0.25) is 0 Å². The van der Waals surface area contributed by atoms with E-state index < -0.39 is 5.91 Å². The van der Waals surface area contributed by atoms with Gasteiger partial charge in [-0.05, 0) is 24.6 Å². The number of nitriles is 1. The molecule has 0 aliphatic rings. The minimum Gasteiger partial charge on any atom is -0.399 e. The molecule has 100 valence electrons. The van der Waals surface area contributed by atoms with Crippen LogP contribution in [-0.2, 0) is 4.79 Å². The molecule has 0 saturated carbocycles. The monoisotopic (exact) mass is 278 g/mol. The molecule has 1 aromatic carbocycles. The number of nitrogen functional groups attached to an aromatic ring is 1. The highest BCUT2D eigenvalue weighted by Gasteiger charge is 2.07. The van der Waals surface area contributed by atoms with E-state index in [0.29, 0.717) is 22.9 Å². The van der Waals surface area contributed by atoms with Gasteiger partial charge in [0, 0.05) is 18.4 Å². The zero-order valence-corrected chi connectivity index (χ0v) is 11.3. The van der Waals surface area contributed by atoms with Crippen LogP contribution in [0.25, 0.3) is 0 Å². The molecule has 0 bridgehead atoms. The molecule has 0 fully saturated rings. The van der Waals surface area contributed by atoms with Crippen LogP contribution in [-0.4, -0.2) is 12.5 Å². The molecule has 19 heavy (non-hydrogen) atoms. The van der Waals surface area contributed by atoms with Crippen LogP contribution in [0, 0.1) is 11.3 Å². The SMILES string of the molecule is CCCNC(=O)/C(C#N)=C\Nc1ccc(N)cc1Cl. The molecule has 0 radical (unpaired) electrons. The molecule has 0 aliphatic carbocycles. The van der Waals surface area contributed by atoms with Crippen LogP contribution < -0.4 is 16.4 Å². The highest BCUT2D eigenvalue weighted by atomic mass is 35.5. The van der Waals surface area contributed by atoms with Gasteiger partial charge >= 0.3 is 0 Å². The second-order valence-electron chi connectivity index (χ2n) is 3.81. The molecule has 0 atom stereocenters. The minimum atomic E-state index is -0.414. The molecule has 0 aliphatic heterocycles. The van der Waals surface area contributed by atoms with Gasteiger partial charge in [-0.2, -0.15) is 5.26 Å². The van der Waals surface area contributed by atoms with Gasteiger partial charge < -0.3 is 16.4 Å². The van der Waals surface area contributed by atoms with Crippen LogP contribution in [0.5, 0.6) is 0 Å². The second kappa shape index (κ2) is 7.29. The number of carbonyl (C=O) groups is 1. The van der Waals surface area contributed by atoms with E-state index >= 15 is 0 Å². The fourth-order valence-electron chi connectivity index (χ4n) is 1.28. The standard InChI is InChI=1S/C13H15ClN4O/c1-2-5-17-13(19)9(7-15)8-18-12-4-3-10(16)6-11(12)14/h3-4,6,8,18H,2,5,16H2,1H3,(H,17,19)/b9-8-. The number of carbonyl (C=O) groups excluding carboxylic acids is 1. The predicted molar refractivity (Wildman–Crippen MR) is 76.5 cm³/mol. The molecule has 5 nitrogen and oxygen atoms in total. The Labute approximate surface area is 117 Å². The Hall–Kier alpha value is -2.19. The maximum atomic E-state index is 11.6. The quantitative estimate of drug-likeness (QED) is 0.438. The topological polar surface area (TPSA) is 90.9 Å². The summed E-state index contributed by atoms with van der Waals surface area (Å²) < 4.78 is 0. The van der Waals surface area contributed by atoms with Gasteiger partial charge in [-0.25, -0.2) is 0 Å². The average Bonchev–Trinajstić information content (AvgIpc) is 2.39. The minimum absolute atomic E-state index is 0.0126. The number of nitrogens with two attached hydrogens (primary N) is 1. The van der Waals surface area contributed by atoms with Gasteiger partial charge in [-0.3, -0.25) is 4.79 Å². The van der Waals surface area contributed by atoms with E-state index in [9.17, 15) is 4.79 Å². The molecule has 0 aromatic heterocycles. The number of hydrogen-bond donors (Lipinski definition) is 3. The van der Waals surface area contributed by atoms with Crippen LogP contribution in [0.1, 0.15) is 13.3 Å². The van der Waals surface area contributed by atoms with Gasteiger partial charge in [0.25, 0.3) is 5.91 Å². The van der Waals surface area contributed by atoms with Crippen molar-refractivity contribution in [2.24, 2.45) is 0 Å². The van der Waals surface area contributed by atoms with Crippen LogP contribution >= 0.6 is 11.6 Å². The lowest BCUT2D eigenvalue weighted by Gasteiger charge is -2.06. The number of anilines is 2. The largest absolute Gasteiger partial charge is 0.399 e. The molecular weight excluding hydrogens is 264 g/mol. The first-order chi connectivity index (χ1) is 9.08.